The third-order valence-corrected chi connectivity index (χ3v) is 8.94. The van der Waals surface area contributed by atoms with Crippen LogP contribution in [0.1, 0.15) is 66.3 Å². The van der Waals surface area contributed by atoms with E-state index < -0.39 is 5.67 Å². The Morgan fingerprint density at radius 3 is 2.68 bits per heavy atom. The van der Waals surface area contributed by atoms with Crippen molar-refractivity contribution in [2.24, 2.45) is 5.92 Å². The molecular formula is C31H33ClFN7O. The number of alkyl halides is 1. The smallest absolute Gasteiger partial charge is 0.229 e. The third-order valence-electron chi connectivity index (χ3n) is 8.71. The summed E-state index contributed by atoms with van der Waals surface area (Å²) in [5, 5.41) is 6.89. The molecule has 2 aliphatic carbocycles. The van der Waals surface area contributed by atoms with Gasteiger partial charge in [0.15, 0.2) is 0 Å². The highest BCUT2D eigenvalue weighted by molar-refractivity contribution is 6.30. The van der Waals surface area contributed by atoms with Gasteiger partial charge in [-0.1, -0.05) is 23.7 Å². The number of carbonyl (C=O) groups excluding carboxylic acids is 1. The number of halogens is 2. The Kier molecular flexibility index (Phi) is 6.66. The second-order valence-corrected chi connectivity index (χ2v) is 12.3. The van der Waals surface area contributed by atoms with Crippen molar-refractivity contribution in [1.29, 1.82) is 0 Å². The Morgan fingerprint density at radius 2 is 1.90 bits per heavy atom. The molecule has 4 heterocycles. The van der Waals surface area contributed by atoms with Crippen LogP contribution < -0.4 is 10.6 Å². The van der Waals surface area contributed by atoms with E-state index >= 15 is 4.39 Å². The second-order valence-electron chi connectivity index (χ2n) is 11.8. The minimum atomic E-state index is -1.37. The number of likely N-dealkylation sites (tertiary alicyclic amines) is 1. The molecule has 8 nitrogen and oxygen atoms in total. The maximum absolute atomic E-state index is 16.3. The van der Waals surface area contributed by atoms with Crippen molar-refractivity contribution in [3.8, 4) is 0 Å². The van der Waals surface area contributed by atoms with E-state index in [1.807, 2.05) is 41.9 Å². The van der Waals surface area contributed by atoms with Crippen LogP contribution in [0, 0.1) is 5.92 Å². The van der Waals surface area contributed by atoms with Crippen LogP contribution in [0.25, 0.3) is 5.65 Å². The van der Waals surface area contributed by atoms with E-state index in [1.54, 1.807) is 6.07 Å². The van der Waals surface area contributed by atoms with Crippen LogP contribution in [0.3, 0.4) is 0 Å². The molecule has 0 spiro atoms. The maximum Gasteiger partial charge on any atom is 0.229 e. The molecule has 7 rings (SSSR count). The summed E-state index contributed by atoms with van der Waals surface area (Å²) >= 11 is 6.12. The number of imidazole rings is 1. The number of nitrogens with one attached hydrogen (secondary N) is 2. The number of amides is 1. The topological polar surface area (TPSA) is 87.5 Å². The summed E-state index contributed by atoms with van der Waals surface area (Å²) < 4.78 is 18.3. The molecular weight excluding hydrogens is 541 g/mol. The first kappa shape index (κ1) is 26.3. The molecule has 1 aliphatic heterocycles. The van der Waals surface area contributed by atoms with Crippen LogP contribution in [0.2, 0.25) is 5.02 Å². The van der Waals surface area contributed by atoms with Crippen molar-refractivity contribution < 1.29 is 9.18 Å². The molecule has 1 saturated heterocycles. The molecule has 4 aromatic rings. The normalized spacial score (nSPS) is 22.0. The van der Waals surface area contributed by atoms with Crippen molar-refractivity contribution in [3.05, 3.63) is 82.5 Å². The van der Waals surface area contributed by atoms with Gasteiger partial charge in [-0.3, -0.25) is 4.79 Å². The molecule has 2 saturated carbocycles. The molecule has 3 aliphatic rings. The highest BCUT2D eigenvalue weighted by atomic mass is 35.5. The zero-order chi connectivity index (χ0) is 28.1. The number of anilines is 2. The average molecular weight is 574 g/mol. The third kappa shape index (κ3) is 5.53. The molecule has 2 N–H and O–H groups in total. The monoisotopic (exact) mass is 573 g/mol. The van der Waals surface area contributed by atoms with Gasteiger partial charge in [-0.2, -0.15) is 0 Å². The lowest BCUT2D eigenvalue weighted by Gasteiger charge is -2.35. The van der Waals surface area contributed by atoms with E-state index in [4.69, 9.17) is 16.6 Å². The van der Waals surface area contributed by atoms with Crippen molar-refractivity contribution in [1.82, 2.24) is 24.3 Å². The Hall–Kier alpha value is -3.56. The summed E-state index contributed by atoms with van der Waals surface area (Å²) in [7, 11) is 2.04. The minimum Gasteiger partial charge on any atom is -0.364 e. The van der Waals surface area contributed by atoms with Gasteiger partial charge in [-0.15, -0.1) is 0 Å². The number of rotatable bonds is 8. The zero-order valence-electron chi connectivity index (χ0n) is 23.0. The van der Waals surface area contributed by atoms with Gasteiger partial charge in [-0.05, 0) is 80.3 Å². The Morgan fingerprint density at radius 1 is 1.10 bits per heavy atom. The highest BCUT2D eigenvalue weighted by Crippen LogP contribution is 2.48. The Bertz CT molecular complexity index is 1610. The van der Waals surface area contributed by atoms with Gasteiger partial charge in [0, 0.05) is 48.1 Å². The van der Waals surface area contributed by atoms with Crippen LogP contribution in [0.5, 0.6) is 0 Å². The SMILES string of the molecule is CN1CCC(F)(c2cc(C3CC3)cn3cc(CNc4cc(NC(=O)[C@H]5C[C@@H]5c5cccc(Cl)c5)ncn4)nc23)CC1. The van der Waals surface area contributed by atoms with Gasteiger partial charge in [0.25, 0.3) is 0 Å². The number of fused-ring (bicyclic) bond motifs is 1. The standard InChI is InChI=1S/C31H33ClFN7O/c1-39-9-7-31(33,8-10-39)26-12-21(19-5-6-19)16-40-17-23(37-29(26)40)15-34-27-14-28(36-18-35-27)38-30(41)25-13-24(25)20-3-2-4-22(32)11-20/h2-4,11-12,14,16-19,24-25H,5-10,13,15H2,1H3,(H2,34,35,36,38,41)/t24-,25+/m1/s1. The van der Waals surface area contributed by atoms with Crippen LogP contribution >= 0.6 is 11.6 Å². The second kappa shape index (κ2) is 10.4. The number of aromatic nitrogens is 4. The average Bonchev–Trinajstić information content (AvgIpc) is 3.90. The largest absolute Gasteiger partial charge is 0.364 e. The summed E-state index contributed by atoms with van der Waals surface area (Å²) in [6.07, 6.45) is 9.57. The molecule has 0 bridgehead atoms. The molecule has 3 aromatic heterocycles. The number of nitrogens with zero attached hydrogens (tertiary/aromatic N) is 5. The van der Waals surface area contributed by atoms with Gasteiger partial charge in [0.1, 0.15) is 29.3 Å². The van der Waals surface area contributed by atoms with Crippen molar-refractivity contribution >= 4 is 34.8 Å². The van der Waals surface area contributed by atoms with Gasteiger partial charge >= 0.3 is 0 Å². The van der Waals surface area contributed by atoms with Gasteiger partial charge in [0.2, 0.25) is 5.91 Å². The van der Waals surface area contributed by atoms with E-state index in [9.17, 15) is 4.79 Å². The van der Waals surface area contributed by atoms with Crippen LogP contribution in [-0.2, 0) is 17.0 Å². The molecule has 10 heteroatoms. The summed E-state index contributed by atoms with van der Waals surface area (Å²) in [5.74, 6) is 1.54. The lowest BCUT2D eigenvalue weighted by Crippen LogP contribution is -2.38. The first-order valence-electron chi connectivity index (χ1n) is 14.4. The van der Waals surface area contributed by atoms with Gasteiger partial charge in [0.05, 0.1) is 12.2 Å². The fourth-order valence-corrected chi connectivity index (χ4v) is 6.18. The predicted molar refractivity (Wildman–Crippen MR) is 157 cm³/mol. The molecule has 0 unspecified atom stereocenters. The predicted octanol–water partition coefficient (Wildman–Crippen LogP) is 5.90. The fourth-order valence-electron chi connectivity index (χ4n) is 5.98. The summed E-state index contributed by atoms with van der Waals surface area (Å²) in [4.78, 5) is 28.4. The molecule has 41 heavy (non-hydrogen) atoms. The van der Waals surface area contributed by atoms with Crippen LogP contribution in [0.4, 0.5) is 16.0 Å². The summed E-state index contributed by atoms with van der Waals surface area (Å²) in [6.45, 7) is 1.88. The molecule has 0 radical (unpaired) electrons. The number of carbonyl (C=O) groups is 1. The molecule has 1 aromatic carbocycles. The summed E-state index contributed by atoms with van der Waals surface area (Å²) in [6, 6.07) is 11.5. The molecule has 2 atom stereocenters. The quantitative estimate of drug-likeness (QED) is 0.273. The van der Waals surface area contributed by atoms with E-state index in [2.05, 4.69) is 37.8 Å². The number of benzene rings is 1. The molecule has 1 amide bonds. The first-order valence-corrected chi connectivity index (χ1v) is 14.7. The van der Waals surface area contributed by atoms with Gasteiger partial charge in [-0.25, -0.2) is 19.3 Å². The molecule has 3 fully saturated rings. The maximum atomic E-state index is 16.3. The lowest BCUT2D eigenvalue weighted by atomic mass is 9.86. The number of pyridine rings is 1. The first-order chi connectivity index (χ1) is 19.8. The van der Waals surface area contributed by atoms with E-state index in [-0.39, 0.29) is 17.7 Å². The van der Waals surface area contributed by atoms with Gasteiger partial charge < -0.3 is 19.9 Å². The van der Waals surface area contributed by atoms with Crippen LogP contribution in [0.15, 0.2) is 55.1 Å². The Labute approximate surface area is 243 Å². The zero-order valence-corrected chi connectivity index (χ0v) is 23.7. The highest BCUT2D eigenvalue weighted by Gasteiger charge is 2.44. The summed E-state index contributed by atoms with van der Waals surface area (Å²) in [5.41, 5.74) is 3.10. The van der Waals surface area contributed by atoms with E-state index in [0.29, 0.717) is 53.2 Å². The van der Waals surface area contributed by atoms with Crippen molar-refractivity contribution in [3.63, 3.8) is 0 Å². The molecule has 212 valence electrons. The van der Waals surface area contributed by atoms with E-state index in [0.717, 1.165) is 43.6 Å². The van der Waals surface area contributed by atoms with Crippen LogP contribution in [-0.4, -0.2) is 50.3 Å². The lowest BCUT2D eigenvalue weighted by molar-refractivity contribution is -0.117. The number of hydrogen-bond donors (Lipinski definition) is 2. The Balaban J connectivity index is 1.04. The van der Waals surface area contributed by atoms with Crippen molar-refractivity contribution in [2.75, 3.05) is 30.8 Å². The minimum absolute atomic E-state index is 0.0620. The number of hydrogen-bond acceptors (Lipinski definition) is 6. The fraction of sp³-hybridized carbons (Fsp3) is 0.419. The number of piperidine rings is 1. The van der Waals surface area contributed by atoms with Crippen molar-refractivity contribution in [2.45, 2.75) is 56.2 Å². The van der Waals surface area contributed by atoms with E-state index in [1.165, 1.54) is 11.9 Å².